The summed E-state index contributed by atoms with van der Waals surface area (Å²) in [4.78, 5) is 22.3. The van der Waals surface area contributed by atoms with Crippen LogP contribution in [0.25, 0.3) is 0 Å². The molecule has 0 spiro atoms. The normalized spacial score (nSPS) is 10.6. The van der Waals surface area contributed by atoms with Gasteiger partial charge < -0.3 is 4.74 Å². The molecule has 0 saturated heterocycles. The molecule has 0 aliphatic carbocycles. The van der Waals surface area contributed by atoms with Crippen LogP contribution in [0.15, 0.2) is 52.0 Å². The van der Waals surface area contributed by atoms with Crippen molar-refractivity contribution in [3.05, 3.63) is 68.2 Å². The minimum atomic E-state index is -0.513. The number of hydrogen-bond acceptors (Lipinski definition) is 5. The fourth-order valence-corrected chi connectivity index (χ4v) is 2.55. The monoisotopic (exact) mass is 391 g/mol. The molecule has 0 fully saturated rings. The minimum Gasteiger partial charge on any atom is -0.496 e. The molecule has 1 N–H and O–H groups in total. The topological polar surface area (TPSA) is 93.8 Å². The van der Waals surface area contributed by atoms with Crippen molar-refractivity contribution in [3.8, 4) is 5.75 Å². The molecule has 1 amide bonds. The van der Waals surface area contributed by atoms with Crippen molar-refractivity contribution >= 4 is 33.7 Å². The molecule has 124 valence electrons. The number of rotatable bonds is 6. The first-order chi connectivity index (χ1) is 11.5. The Morgan fingerprint density at radius 1 is 1.38 bits per heavy atom. The van der Waals surface area contributed by atoms with E-state index >= 15 is 0 Å². The number of para-hydroxylation sites is 1. The van der Waals surface area contributed by atoms with Crippen LogP contribution in [0.1, 0.15) is 11.1 Å². The lowest BCUT2D eigenvalue weighted by Gasteiger charge is -2.03. The average Bonchev–Trinajstić information content (AvgIpc) is 2.55. The van der Waals surface area contributed by atoms with Crippen LogP contribution in [0.2, 0.25) is 0 Å². The predicted molar refractivity (Wildman–Crippen MR) is 93.2 cm³/mol. The van der Waals surface area contributed by atoms with E-state index in [1.165, 1.54) is 12.3 Å². The van der Waals surface area contributed by atoms with Crippen LogP contribution in [0, 0.1) is 10.1 Å². The van der Waals surface area contributed by atoms with Crippen molar-refractivity contribution in [2.24, 2.45) is 5.10 Å². The van der Waals surface area contributed by atoms with Gasteiger partial charge in [0.05, 0.1) is 29.1 Å². The van der Waals surface area contributed by atoms with Gasteiger partial charge in [0.2, 0.25) is 5.91 Å². The van der Waals surface area contributed by atoms with Gasteiger partial charge in [-0.15, -0.1) is 0 Å². The van der Waals surface area contributed by atoms with E-state index in [2.05, 4.69) is 26.5 Å². The van der Waals surface area contributed by atoms with Crippen LogP contribution < -0.4 is 10.2 Å². The molecule has 0 heterocycles. The molecule has 0 saturated carbocycles. The highest BCUT2D eigenvalue weighted by molar-refractivity contribution is 9.10. The van der Waals surface area contributed by atoms with E-state index in [1.807, 2.05) is 0 Å². The van der Waals surface area contributed by atoms with Gasteiger partial charge in [-0.3, -0.25) is 14.9 Å². The summed E-state index contributed by atoms with van der Waals surface area (Å²) in [5.41, 5.74) is 3.36. The zero-order chi connectivity index (χ0) is 17.5. The van der Waals surface area contributed by atoms with E-state index in [-0.39, 0.29) is 12.1 Å². The van der Waals surface area contributed by atoms with Crippen LogP contribution in [0.3, 0.4) is 0 Å². The summed E-state index contributed by atoms with van der Waals surface area (Å²) < 4.78 is 5.89. The first-order valence-corrected chi connectivity index (χ1v) is 7.68. The van der Waals surface area contributed by atoms with E-state index in [0.29, 0.717) is 11.3 Å². The Bertz CT molecular complexity index is 793. The van der Waals surface area contributed by atoms with E-state index < -0.39 is 10.8 Å². The zero-order valence-electron chi connectivity index (χ0n) is 12.7. The summed E-state index contributed by atoms with van der Waals surface area (Å²) >= 11 is 3.36. The second kappa shape index (κ2) is 8.21. The van der Waals surface area contributed by atoms with Crippen molar-refractivity contribution in [3.63, 3.8) is 0 Å². The molecule has 0 bridgehead atoms. The van der Waals surface area contributed by atoms with Gasteiger partial charge in [0.1, 0.15) is 5.75 Å². The maximum absolute atomic E-state index is 11.9. The molecule has 0 aliphatic rings. The molecule has 2 rings (SSSR count). The highest BCUT2D eigenvalue weighted by Crippen LogP contribution is 2.24. The molecule has 7 nitrogen and oxygen atoms in total. The molecular formula is C16H14BrN3O4. The van der Waals surface area contributed by atoms with Crippen molar-refractivity contribution in [2.45, 2.75) is 6.42 Å². The fourth-order valence-electron chi connectivity index (χ4n) is 1.99. The Morgan fingerprint density at radius 3 is 2.79 bits per heavy atom. The van der Waals surface area contributed by atoms with Gasteiger partial charge in [0, 0.05) is 11.6 Å². The lowest BCUT2D eigenvalue weighted by atomic mass is 10.1. The van der Waals surface area contributed by atoms with Crippen molar-refractivity contribution in [1.82, 2.24) is 5.43 Å². The van der Waals surface area contributed by atoms with Crippen molar-refractivity contribution in [2.75, 3.05) is 7.11 Å². The SMILES string of the molecule is COc1ccc(C=NNC(=O)Cc2ccccc2[N+](=O)[O-])cc1Br. The minimum absolute atomic E-state index is 0.0873. The van der Waals surface area contributed by atoms with Gasteiger partial charge in [0.25, 0.3) is 5.69 Å². The van der Waals surface area contributed by atoms with E-state index in [0.717, 1.165) is 10.0 Å². The number of nitro benzene ring substituents is 1. The van der Waals surface area contributed by atoms with Gasteiger partial charge >= 0.3 is 0 Å². The molecule has 24 heavy (non-hydrogen) atoms. The Hall–Kier alpha value is -2.74. The number of hydrogen-bond donors (Lipinski definition) is 1. The summed E-state index contributed by atoms with van der Waals surface area (Å²) in [5, 5.41) is 14.8. The smallest absolute Gasteiger partial charge is 0.273 e. The van der Waals surface area contributed by atoms with Crippen LogP contribution in [0.4, 0.5) is 5.69 Å². The number of carbonyl (C=O) groups is 1. The quantitative estimate of drug-likeness (QED) is 0.465. The fraction of sp³-hybridized carbons (Fsp3) is 0.125. The number of benzene rings is 2. The summed E-state index contributed by atoms with van der Waals surface area (Å²) in [6.07, 6.45) is 1.35. The van der Waals surface area contributed by atoms with E-state index in [4.69, 9.17) is 4.74 Å². The van der Waals surface area contributed by atoms with Gasteiger partial charge in [-0.2, -0.15) is 5.10 Å². The first-order valence-electron chi connectivity index (χ1n) is 6.89. The van der Waals surface area contributed by atoms with Gasteiger partial charge in [-0.1, -0.05) is 18.2 Å². The molecule has 2 aromatic rings. The Balaban J connectivity index is 1.98. The average molecular weight is 392 g/mol. The molecule has 0 aliphatic heterocycles. The Labute approximate surface area is 146 Å². The summed E-state index contributed by atoms with van der Waals surface area (Å²) in [5.74, 6) is 0.251. The second-order valence-electron chi connectivity index (χ2n) is 4.75. The molecule has 0 aromatic heterocycles. The van der Waals surface area contributed by atoms with E-state index in [1.54, 1.807) is 43.5 Å². The first kappa shape index (κ1) is 17.6. The third-order valence-corrected chi connectivity index (χ3v) is 3.74. The summed E-state index contributed by atoms with van der Waals surface area (Å²) in [6, 6.07) is 11.4. The summed E-state index contributed by atoms with van der Waals surface area (Å²) in [6.45, 7) is 0. The molecule has 0 atom stereocenters. The highest BCUT2D eigenvalue weighted by atomic mass is 79.9. The van der Waals surface area contributed by atoms with E-state index in [9.17, 15) is 14.9 Å². The van der Waals surface area contributed by atoms with Gasteiger partial charge in [-0.25, -0.2) is 5.43 Å². The van der Waals surface area contributed by atoms with Crippen LogP contribution >= 0.6 is 15.9 Å². The van der Waals surface area contributed by atoms with Crippen molar-refractivity contribution < 1.29 is 14.5 Å². The Kier molecular flexibility index (Phi) is 6.02. The number of hydrazone groups is 1. The predicted octanol–water partition coefficient (Wildman–Crippen LogP) is 3.06. The number of methoxy groups -OCH3 is 1. The number of ether oxygens (including phenoxy) is 1. The number of nitrogens with zero attached hydrogens (tertiary/aromatic N) is 2. The van der Waals surface area contributed by atoms with Crippen LogP contribution in [0.5, 0.6) is 5.75 Å². The zero-order valence-corrected chi connectivity index (χ0v) is 14.3. The third kappa shape index (κ3) is 4.63. The third-order valence-electron chi connectivity index (χ3n) is 3.12. The lowest BCUT2D eigenvalue weighted by Crippen LogP contribution is -2.20. The highest BCUT2D eigenvalue weighted by Gasteiger charge is 2.14. The Morgan fingerprint density at radius 2 is 2.12 bits per heavy atom. The van der Waals surface area contributed by atoms with Crippen LogP contribution in [-0.4, -0.2) is 24.2 Å². The van der Waals surface area contributed by atoms with Crippen LogP contribution in [-0.2, 0) is 11.2 Å². The van der Waals surface area contributed by atoms with Crippen molar-refractivity contribution in [1.29, 1.82) is 0 Å². The second-order valence-corrected chi connectivity index (χ2v) is 5.60. The molecular weight excluding hydrogens is 378 g/mol. The molecule has 2 aromatic carbocycles. The summed E-state index contributed by atoms with van der Waals surface area (Å²) in [7, 11) is 1.57. The molecule has 0 unspecified atom stereocenters. The molecule has 0 radical (unpaired) electrons. The number of nitrogens with one attached hydrogen (secondary N) is 1. The van der Waals surface area contributed by atoms with Gasteiger partial charge in [-0.05, 0) is 39.7 Å². The van der Waals surface area contributed by atoms with Gasteiger partial charge in [0.15, 0.2) is 0 Å². The number of amides is 1. The lowest BCUT2D eigenvalue weighted by molar-refractivity contribution is -0.385. The maximum atomic E-state index is 11.9. The largest absolute Gasteiger partial charge is 0.496 e. The maximum Gasteiger partial charge on any atom is 0.273 e. The number of nitro groups is 1. The number of carbonyl (C=O) groups excluding carboxylic acids is 1. The standard InChI is InChI=1S/C16H14BrN3O4/c1-24-15-7-6-11(8-13(15)17)10-18-19-16(21)9-12-4-2-3-5-14(12)20(22)23/h2-8,10H,9H2,1H3,(H,19,21). The molecule has 8 heteroatoms. The number of halogens is 1.